The van der Waals surface area contributed by atoms with Crippen LogP contribution in [0.4, 0.5) is 4.39 Å². The first-order valence-corrected chi connectivity index (χ1v) is 8.02. The number of hydrogen-bond donors (Lipinski definition) is 1. The minimum atomic E-state index is -0.373. The summed E-state index contributed by atoms with van der Waals surface area (Å²) in [6.45, 7) is 3.08. The molecule has 4 nitrogen and oxygen atoms in total. The largest absolute Gasteiger partial charge is 0.491 e. The highest BCUT2D eigenvalue weighted by Crippen LogP contribution is 2.20. The van der Waals surface area contributed by atoms with Crippen molar-refractivity contribution in [3.63, 3.8) is 0 Å². The first kappa shape index (κ1) is 16.7. The van der Waals surface area contributed by atoms with Crippen LogP contribution in [0.5, 0.6) is 5.75 Å². The number of likely N-dealkylation sites (tertiary alicyclic amines) is 1. The predicted octanol–water partition coefficient (Wildman–Crippen LogP) is 2.71. The molecule has 1 fully saturated rings. The Bertz CT molecular complexity index is 493. The summed E-state index contributed by atoms with van der Waals surface area (Å²) in [7, 11) is 0. The summed E-state index contributed by atoms with van der Waals surface area (Å²) in [5.74, 6) is -0.0117. The van der Waals surface area contributed by atoms with Gasteiger partial charge in [-0.1, -0.05) is 12.1 Å². The van der Waals surface area contributed by atoms with E-state index in [9.17, 15) is 9.18 Å². The van der Waals surface area contributed by atoms with Crippen LogP contribution in [0.3, 0.4) is 0 Å². The highest BCUT2D eigenvalue weighted by atomic mass is 19.1. The number of nitrogens with two attached hydrogens (primary N) is 1. The molecule has 0 radical (unpaired) electrons. The lowest BCUT2D eigenvalue weighted by molar-refractivity contribution is -0.135. The number of piperidine rings is 1. The molecule has 1 aromatic carbocycles. The Morgan fingerprint density at radius 1 is 1.45 bits per heavy atom. The minimum Gasteiger partial charge on any atom is -0.491 e. The lowest BCUT2D eigenvalue weighted by Gasteiger charge is -2.38. The molecule has 5 heteroatoms. The predicted molar refractivity (Wildman–Crippen MR) is 84.1 cm³/mol. The van der Waals surface area contributed by atoms with Crippen molar-refractivity contribution < 1.29 is 13.9 Å². The van der Waals surface area contributed by atoms with Crippen LogP contribution < -0.4 is 10.5 Å². The van der Waals surface area contributed by atoms with Gasteiger partial charge >= 0.3 is 0 Å². The average molecular weight is 308 g/mol. The Balaban J connectivity index is 1.76. The first-order valence-electron chi connectivity index (χ1n) is 8.02. The molecule has 2 N–H and O–H groups in total. The SMILES string of the molecule is CC(N)C1CCCCN1C(=O)CCCOc1ccccc1F. The van der Waals surface area contributed by atoms with E-state index in [1.807, 2.05) is 11.8 Å². The lowest BCUT2D eigenvalue weighted by atomic mass is 9.96. The molecule has 22 heavy (non-hydrogen) atoms. The second kappa shape index (κ2) is 8.13. The van der Waals surface area contributed by atoms with Crippen LogP contribution in [0.15, 0.2) is 24.3 Å². The Morgan fingerprint density at radius 2 is 2.23 bits per heavy atom. The minimum absolute atomic E-state index is 0.00100. The third-order valence-electron chi connectivity index (χ3n) is 4.11. The van der Waals surface area contributed by atoms with Gasteiger partial charge in [-0.2, -0.15) is 0 Å². The van der Waals surface area contributed by atoms with Gasteiger partial charge in [0.05, 0.1) is 6.61 Å². The molecule has 0 bridgehead atoms. The lowest BCUT2D eigenvalue weighted by Crippen LogP contribution is -2.51. The number of nitrogens with zero attached hydrogens (tertiary/aromatic N) is 1. The molecule has 1 aliphatic heterocycles. The zero-order valence-electron chi connectivity index (χ0n) is 13.1. The van der Waals surface area contributed by atoms with Crippen molar-refractivity contribution >= 4 is 5.91 Å². The molecule has 2 atom stereocenters. The van der Waals surface area contributed by atoms with Crippen LogP contribution in [0.1, 0.15) is 39.0 Å². The molecule has 1 saturated heterocycles. The number of amides is 1. The van der Waals surface area contributed by atoms with Crippen LogP contribution >= 0.6 is 0 Å². The van der Waals surface area contributed by atoms with Crippen molar-refractivity contribution in [2.75, 3.05) is 13.2 Å². The zero-order valence-corrected chi connectivity index (χ0v) is 13.1. The van der Waals surface area contributed by atoms with E-state index < -0.39 is 0 Å². The Hall–Kier alpha value is -1.62. The fraction of sp³-hybridized carbons (Fsp3) is 0.588. The van der Waals surface area contributed by atoms with E-state index >= 15 is 0 Å². The molecule has 1 aliphatic rings. The molecular formula is C17H25FN2O2. The van der Waals surface area contributed by atoms with Gasteiger partial charge in [0.25, 0.3) is 0 Å². The van der Waals surface area contributed by atoms with E-state index in [-0.39, 0.29) is 29.6 Å². The number of para-hydroxylation sites is 1. The summed E-state index contributed by atoms with van der Waals surface area (Å²) >= 11 is 0. The van der Waals surface area contributed by atoms with Crippen LogP contribution in [0.2, 0.25) is 0 Å². The maximum Gasteiger partial charge on any atom is 0.222 e. The van der Waals surface area contributed by atoms with E-state index in [0.29, 0.717) is 19.4 Å². The molecule has 2 rings (SSSR count). The van der Waals surface area contributed by atoms with Crippen molar-refractivity contribution in [1.29, 1.82) is 0 Å². The van der Waals surface area contributed by atoms with Crippen molar-refractivity contribution in [3.8, 4) is 5.75 Å². The number of carbonyl (C=O) groups is 1. The molecule has 0 aromatic heterocycles. The van der Waals surface area contributed by atoms with E-state index in [1.54, 1.807) is 18.2 Å². The van der Waals surface area contributed by atoms with Crippen LogP contribution in [-0.2, 0) is 4.79 Å². The van der Waals surface area contributed by atoms with Crippen molar-refractivity contribution in [1.82, 2.24) is 4.90 Å². The maximum atomic E-state index is 13.4. The van der Waals surface area contributed by atoms with Crippen molar-refractivity contribution in [3.05, 3.63) is 30.1 Å². The quantitative estimate of drug-likeness (QED) is 0.822. The summed E-state index contributed by atoms with van der Waals surface area (Å²) in [5, 5.41) is 0. The second-order valence-electron chi connectivity index (χ2n) is 5.89. The molecule has 122 valence electrons. The molecule has 0 saturated carbocycles. The Kier molecular flexibility index (Phi) is 6.19. The first-order chi connectivity index (χ1) is 10.6. The normalized spacial score (nSPS) is 19.8. The monoisotopic (exact) mass is 308 g/mol. The smallest absolute Gasteiger partial charge is 0.222 e. The summed E-state index contributed by atoms with van der Waals surface area (Å²) < 4.78 is 18.8. The number of ether oxygens (including phenoxy) is 1. The number of halogens is 1. The zero-order chi connectivity index (χ0) is 15.9. The van der Waals surface area contributed by atoms with Gasteiger partial charge in [0.15, 0.2) is 11.6 Å². The fourth-order valence-corrected chi connectivity index (χ4v) is 2.92. The molecule has 1 aromatic rings. The molecule has 1 amide bonds. The topological polar surface area (TPSA) is 55.6 Å². The highest BCUT2D eigenvalue weighted by Gasteiger charge is 2.28. The van der Waals surface area contributed by atoms with Crippen molar-refractivity contribution in [2.24, 2.45) is 5.73 Å². The van der Waals surface area contributed by atoms with E-state index in [4.69, 9.17) is 10.5 Å². The second-order valence-corrected chi connectivity index (χ2v) is 5.89. The van der Waals surface area contributed by atoms with E-state index in [0.717, 1.165) is 25.8 Å². The van der Waals surface area contributed by atoms with Gasteiger partial charge in [0, 0.05) is 25.0 Å². The highest BCUT2D eigenvalue weighted by molar-refractivity contribution is 5.76. The van der Waals surface area contributed by atoms with Gasteiger partial charge in [-0.05, 0) is 44.7 Å². The van der Waals surface area contributed by atoms with Gasteiger partial charge in [-0.25, -0.2) is 4.39 Å². The average Bonchev–Trinajstić information content (AvgIpc) is 2.52. The molecule has 0 spiro atoms. The van der Waals surface area contributed by atoms with Crippen LogP contribution in [0, 0.1) is 5.82 Å². The van der Waals surface area contributed by atoms with Gasteiger partial charge in [0.1, 0.15) is 0 Å². The third kappa shape index (κ3) is 4.44. The molecular weight excluding hydrogens is 283 g/mol. The fourth-order valence-electron chi connectivity index (χ4n) is 2.92. The molecule has 2 unspecified atom stereocenters. The van der Waals surface area contributed by atoms with Gasteiger partial charge in [0.2, 0.25) is 5.91 Å². The number of benzene rings is 1. The summed E-state index contributed by atoms with van der Waals surface area (Å²) in [6.07, 6.45) is 4.15. The van der Waals surface area contributed by atoms with Crippen LogP contribution in [-0.4, -0.2) is 36.0 Å². The summed E-state index contributed by atoms with van der Waals surface area (Å²) in [5.41, 5.74) is 5.98. The van der Waals surface area contributed by atoms with Gasteiger partial charge in [-0.15, -0.1) is 0 Å². The molecule has 0 aliphatic carbocycles. The van der Waals surface area contributed by atoms with Crippen molar-refractivity contribution in [2.45, 2.75) is 51.1 Å². The Morgan fingerprint density at radius 3 is 2.95 bits per heavy atom. The van der Waals surface area contributed by atoms with Gasteiger partial charge in [-0.3, -0.25) is 4.79 Å². The van der Waals surface area contributed by atoms with E-state index in [1.165, 1.54) is 6.07 Å². The summed E-state index contributed by atoms with van der Waals surface area (Å²) in [4.78, 5) is 14.2. The Labute approximate surface area is 131 Å². The van der Waals surface area contributed by atoms with Crippen LogP contribution in [0.25, 0.3) is 0 Å². The molecule has 1 heterocycles. The number of carbonyl (C=O) groups excluding carboxylic acids is 1. The maximum absolute atomic E-state index is 13.4. The standard InChI is InChI=1S/C17H25FN2O2/c1-13(19)15-8-4-5-11-20(15)17(21)10-6-12-22-16-9-3-2-7-14(16)18/h2-3,7,9,13,15H,4-6,8,10-12,19H2,1H3. The number of hydrogen-bond acceptors (Lipinski definition) is 3. The van der Waals surface area contributed by atoms with E-state index in [2.05, 4.69) is 0 Å². The van der Waals surface area contributed by atoms with Gasteiger partial charge < -0.3 is 15.4 Å². The summed E-state index contributed by atoms with van der Waals surface area (Å²) in [6, 6.07) is 6.45. The number of rotatable bonds is 6. The third-order valence-corrected chi connectivity index (χ3v) is 4.11.